The van der Waals surface area contributed by atoms with Crippen molar-refractivity contribution in [1.29, 1.82) is 0 Å². The molecule has 0 radical (unpaired) electrons. The first kappa shape index (κ1) is 31.7. The maximum Gasteiger partial charge on any atom is 0.162 e. The SMILES string of the molecule is CCOc1cc(C2C3=C(CC(C)(C)CC3=O)N(C3CCCCC3)C3=C2C(=O)CC(C)(C)C3)ccc1OCc1cccc2ccccc12. The monoisotopic (exact) mass is 631 g/mol. The van der Waals surface area contributed by atoms with Crippen LogP contribution in [0.4, 0.5) is 0 Å². The zero-order chi connectivity index (χ0) is 32.9. The van der Waals surface area contributed by atoms with Gasteiger partial charge in [-0.25, -0.2) is 0 Å². The van der Waals surface area contributed by atoms with E-state index in [1.165, 1.54) is 41.4 Å². The topological polar surface area (TPSA) is 55.8 Å². The average Bonchev–Trinajstić information content (AvgIpc) is 3.02. The smallest absolute Gasteiger partial charge is 0.162 e. The van der Waals surface area contributed by atoms with Gasteiger partial charge in [0.15, 0.2) is 23.1 Å². The summed E-state index contributed by atoms with van der Waals surface area (Å²) in [6.07, 6.45) is 8.55. The molecule has 0 atom stereocenters. The molecule has 1 fully saturated rings. The predicted octanol–water partition coefficient (Wildman–Crippen LogP) is 9.84. The highest BCUT2D eigenvalue weighted by atomic mass is 16.5. The van der Waals surface area contributed by atoms with Crippen LogP contribution in [0.3, 0.4) is 0 Å². The first-order valence-corrected chi connectivity index (χ1v) is 17.7. The van der Waals surface area contributed by atoms with Crippen LogP contribution >= 0.6 is 0 Å². The van der Waals surface area contributed by atoms with Gasteiger partial charge in [0.25, 0.3) is 0 Å². The molecule has 5 nitrogen and oxygen atoms in total. The molecule has 3 aliphatic carbocycles. The molecule has 7 rings (SSSR count). The summed E-state index contributed by atoms with van der Waals surface area (Å²) in [5, 5.41) is 2.35. The van der Waals surface area contributed by atoms with E-state index in [0.717, 1.165) is 48.0 Å². The van der Waals surface area contributed by atoms with Crippen LogP contribution in [0.5, 0.6) is 11.5 Å². The third-order valence-corrected chi connectivity index (χ3v) is 10.8. The summed E-state index contributed by atoms with van der Waals surface area (Å²) in [4.78, 5) is 31.2. The molecule has 3 aromatic carbocycles. The Bertz CT molecular complexity index is 1730. The summed E-state index contributed by atoms with van der Waals surface area (Å²) >= 11 is 0. The van der Waals surface area contributed by atoms with Crippen molar-refractivity contribution in [3.05, 3.63) is 94.3 Å². The van der Waals surface area contributed by atoms with Crippen molar-refractivity contribution in [1.82, 2.24) is 4.90 Å². The normalized spacial score (nSPS) is 21.6. The lowest BCUT2D eigenvalue weighted by Gasteiger charge is -2.52. The van der Waals surface area contributed by atoms with Gasteiger partial charge in [0.05, 0.1) is 6.61 Å². The highest BCUT2D eigenvalue weighted by Crippen LogP contribution is 2.56. The largest absolute Gasteiger partial charge is 0.490 e. The van der Waals surface area contributed by atoms with Crippen molar-refractivity contribution in [2.75, 3.05) is 6.61 Å². The maximum absolute atomic E-state index is 14.3. The Balaban J connectivity index is 1.33. The van der Waals surface area contributed by atoms with Crippen LogP contribution in [-0.4, -0.2) is 29.1 Å². The molecular weight excluding hydrogens is 582 g/mol. The van der Waals surface area contributed by atoms with Gasteiger partial charge >= 0.3 is 0 Å². The summed E-state index contributed by atoms with van der Waals surface area (Å²) in [5.41, 5.74) is 5.81. The van der Waals surface area contributed by atoms with Crippen LogP contribution in [0.25, 0.3) is 10.8 Å². The minimum atomic E-state index is -0.390. The van der Waals surface area contributed by atoms with Crippen molar-refractivity contribution in [2.45, 2.75) is 111 Å². The number of Topliss-reactive ketones (excluding diaryl/α,β-unsaturated/α-hetero) is 2. The summed E-state index contributed by atoms with van der Waals surface area (Å²) in [7, 11) is 0. The number of rotatable bonds is 7. The van der Waals surface area contributed by atoms with Crippen LogP contribution < -0.4 is 9.47 Å². The van der Waals surface area contributed by atoms with Gasteiger partial charge in [0, 0.05) is 47.3 Å². The molecule has 0 spiro atoms. The molecule has 0 bridgehead atoms. The zero-order valence-electron chi connectivity index (χ0n) is 28.8. The van der Waals surface area contributed by atoms with Crippen LogP contribution in [-0.2, 0) is 16.2 Å². The van der Waals surface area contributed by atoms with E-state index in [1.807, 2.05) is 19.1 Å². The Morgan fingerprint density at radius 2 is 1.36 bits per heavy atom. The zero-order valence-corrected chi connectivity index (χ0v) is 28.8. The summed E-state index contributed by atoms with van der Waals surface area (Å²) in [6.45, 7) is 11.7. The molecule has 1 saturated carbocycles. The lowest BCUT2D eigenvalue weighted by Crippen LogP contribution is -2.48. The second kappa shape index (κ2) is 12.3. The number of hydrogen-bond acceptors (Lipinski definition) is 5. The summed E-state index contributed by atoms with van der Waals surface area (Å²) in [5.74, 6) is 1.29. The Morgan fingerprint density at radius 1 is 0.723 bits per heavy atom. The standard InChI is InChI=1S/C42H49NO4/c1-6-46-37-21-28(19-20-36(37)47-26-29-15-12-14-27-13-10-11-18-31(27)29)38-39-32(22-41(2,3)24-34(39)44)43(30-16-8-7-9-17-30)33-23-42(4,5)25-35(45)40(33)38/h10-15,18-21,30,38H,6-9,16-17,22-26H2,1-5H3. The van der Waals surface area contributed by atoms with E-state index >= 15 is 0 Å². The quantitative estimate of drug-likeness (QED) is 0.260. The van der Waals surface area contributed by atoms with Gasteiger partial charge in [-0.3, -0.25) is 9.59 Å². The number of ether oxygens (including phenoxy) is 2. The molecule has 5 heteroatoms. The second-order valence-electron chi connectivity index (χ2n) is 15.8. The third-order valence-electron chi connectivity index (χ3n) is 10.8. The van der Waals surface area contributed by atoms with Gasteiger partial charge in [-0.15, -0.1) is 0 Å². The Morgan fingerprint density at radius 3 is 2.02 bits per heavy atom. The fourth-order valence-corrected chi connectivity index (χ4v) is 8.77. The summed E-state index contributed by atoms with van der Waals surface area (Å²) < 4.78 is 12.7. The Labute approximate surface area is 280 Å². The first-order chi connectivity index (χ1) is 22.5. The molecule has 0 saturated heterocycles. The van der Waals surface area contributed by atoms with E-state index in [9.17, 15) is 9.59 Å². The third kappa shape index (κ3) is 6.03. The van der Waals surface area contributed by atoms with Crippen molar-refractivity contribution in [3.63, 3.8) is 0 Å². The van der Waals surface area contributed by atoms with Gasteiger partial charge < -0.3 is 14.4 Å². The van der Waals surface area contributed by atoms with Gasteiger partial charge in [-0.2, -0.15) is 0 Å². The van der Waals surface area contributed by atoms with Crippen molar-refractivity contribution < 1.29 is 19.1 Å². The molecule has 0 aromatic heterocycles. The van der Waals surface area contributed by atoms with E-state index in [-0.39, 0.29) is 22.4 Å². The molecule has 0 N–H and O–H groups in total. The van der Waals surface area contributed by atoms with Crippen LogP contribution in [0.2, 0.25) is 0 Å². The molecule has 0 amide bonds. The highest BCUT2D eigenvalue weighted by Gasteiger charge is 2.50. The number of nitrogens with zero attached hydrogens (tertiary/aromatic N) is 1. The van der Waals surface area contributed by atoms with Crippen LogP contribution in [0.1, 0.15) is 109 Å². The molecular formula is C42H49NO4. The number of allylic oxidation sites excluding steroid dienone is 4. The summed E-state index contributed by atoms with van der Waals surface area (Å²) in [6, 6.07) is 21.1. The lowest BCUT2D eigenvalue weighted by atomic mass is 9.63. The van der Waals surface area contributed by atoms with Crippen molar-refractivity contribution >= 4 is 22.3 Å². The number of carbonyl (C=O) groups is 2. The molecule has 0 unspecified atom stereocenters. The van der Waals surface area contributed by atoms with Crippen molar-refractivity contribution in [2.24, 2.45) is 10.8 Å². The van der Waals surface area contributed by atoms with Gasteiger partial charge in [-0.05, 0) is 77.5 Å². The van der Waals surface area contributed by atoms with Crippen molar-refractivity contribution in [3.8, 4) is 11.5 Å². The fraction of sp³-hybridized carbons (Fsp3) is 0.476. The van der Waals surface area contributed by atoms with E-state index in [4.69, 9.17) is 9.47 Å². The molecule has 3 aromatic rings. The van der Waals surface area contributed by atoms with Gasteiger partial charge in [-0.1, -0.05) is 95.5 Å². The molecule has 4 aliphatic rings. The molecule has 1 aliphatic heterocycles. The van der Waals surface area contributed by atoms with E-state index < -0.39 is 5.92 Å². The number of fused-ring (bicyclic) bond motifs is 1. The van der Waals surface area contributed by atoms with E-state index in [0.29, 0.717) is 43.6 Å². The minimum Gasteiger partial charge on any atom is -0.490 e. The number of carbonyl (C=O) groups excluding carboxylic acids is 2. The Hall–Kier alpha value is -3.86. The minimum absolute atomic E-state index is 0.130. The molecule has 1 heterocycles. The number of benzene rings is 3. The number of hydrogen-bond donors (Lipinski definition) is 0. The average molecular weight is 632 g/mol. The predicted molar refractivity (Wildman–Crippen MR) is 187 cm³/mol. The second-order valence-corrected chi connectivity index (χ2v) is 15.8. The van der Waals surface area contributed by atoms with E-state index in [2.05, 4.69) is 81.1 Å². The fourth-order valence-electron chi connectivity index (χ4n) is 8.77. The number of ketones is 2. The maximum atomic E-state index is 14.3. The Kier molecular flexibility index (Phi) is 8.30. The molecule has 246 valence electrons. The van der Waals surface area contributed by atoms with E-state index in [1.54, 1.807) is 0 Å². The van der Waals surface area contributed by atoms with Gasteiger partial charge in [0.1, 0.15) is 6.61 Å². The first-order valence-electron chi connectivity index (χ1n) is 17.7. The molecule has 47 heavy (non-hydrogen) atoms. The lowest BCUT2D eigenvalue weighted by molar-refractivity contribution is -0.119. The van der Waals surface area contributed by atoms with Crippen LogP contribution in [0, 0.1) is 10.8 Å². The highest BCUT2D eigenvalue weighted by molar-refractivity contribution is 6.07. The van der Waals surface area contributed by atoms with Gasteiger partial charge in [0.2, 0.25) is 0 Å². The van der Waals surface area contributed by atoms with Crippen LogP contribution in [0.15, 0.2) is 83.2 Å².